The van der Waals surface area contributed by atoms with Gasteiger partial charge in [-0.25, -0.2) is 4.79 Å². The molecule has 164 valence electrons. The minimum Gasteiger partial charge on any atom is -0.457 e. The van der Waals surface area contributed by atoms with Crippen molar-refractivity contribution in [1.82, 2.24) is 4.98 Å². The Morgan fingerprint density at radius 1 is 1.03 bits per heavy atom. The van der Waals surface area contributed by atoms with Gasteiger partial charge < -0.3 is 10.1 Å². The van der Waals surface area contributed by atoms with Gasteiger partial charge in [-0.05, 0) is 29.8 Å². The third-order valence-electron chi connectivity index (χ3n) is 4.79. The van der Waals surface area contributed by atoms with Crippen LogP contribution in [0.4, 0.5) is 5.69 Å². The molecule has 1 aromatic heterocycles. The molecule has 1 heterocycles. The van der Waals surface area contributed by atoms with Gasteiger partial charge in [-0.3, -0.25) is 14.6 Å². The largest absolute Gasteiger partial charge is 0.457 e. The molecule has 2 atom stereocenters. The highest BCUT2D eigenvalue weighted by Crippen LogP contribution is 2.30. The molecule has 0 aliphatic heterocycles. The Morgan fingerprint density at radius 3 is 2.50 bits per heavy atom. The van der Waals surface area contributed by atoms with Crippen molar-refractivity contribution in [3.8, 4) is 0 Å². The van der Waals surface area contributed by atoms with E-state index in [9.17, 15) is 14.4 Å². The first-order valence-corrected chi connectivity index (χ1v) is 11.0. The van der Waals surface area contributed by atoms with Gasteiger partial charge in [0.2, 0.25) is 5.91 Å². The number of pyridine rings is 1. The second-order valence-electron chi connectivity index (χ2n) is 7.24. The fourth-order valence-corrected chi connectivity index (χ4v) is 4.03. The molecule has 32 heavy (non-hydrogen) atoms. The average molecular weight is 449 g/mol. The van der Waals surface area contributed by atoms with E-state index < -0.39 is 11.2 Å². The van der Waals surface area contributed by atoms with Gasteiger partial charge in [0.15, 0.2) is 5.12 Å². The molecule has 3 aromatic rings. The maximum absolute atomic E-state index is 13.0. The van der Waals surface area contributed by atoms with Crippen LogP contribution in [0.2, 0.25) is 0 Å². The quantitative estimate of drug-likeness (QED) is 0.497. The Morgan fingerprint density at radius 2 is 1.81 bits per heavy atom. The zero-order valence-corrected chi connectivity index (χ0v) is 18.7. The van der Waals surface area contributed by atoms with Crippen LogP contribution in [0.25, 0.3) is 0 Å². The molecule has 0 spiro atoms. The number of aromatic nitrogens is 1. The van der Waals surface area contributed by atoms with Crippen LogP contribution in [0.1, 0.15) is 41.3 Å². The van der Waals surface area contributed by atoms with E-state index in [0.29, 0.717) is 11.3 Å². The van der Waals surface area contributed by atoms with E-state index in [4.69, 9.17) is 4.74 Å². The number of nitrogens with one attached hydrogen (secondary N) is 1. The van der Waals surface area contributed by atoms with E-state index in [1.807, 2.05) is 43.3 Å². The van der Waals surface area contributed by atoms with Crippen molar-refractivity contribution in [2.75, 3.05) is 5.32 Å². The Labute approximate surface area is 191 Å². The van der Waals surface area contributed by atoms with Crippen molar-refractivity contribution >= 4 is 34.4 Å². The summed E-state index contributed by atoms with van der Waals surface area (Å²) in [5, 5.41) is 2.08. The van der Waals surface area contributed by atoms with Gasteiger partial charge in [-0.1, -0.05) is 61.2 Å². The van der Waals surface area contributed by atoms with Gasteiger partial charge in [0.25, 0.3) is 0 Å². The highest BCUT2D eigenvalue weighted by atomic mass is 32.2. The molecular formula is C25H24N2O4S. The lowest BCUT2D eigenvalue weighted by molar-refractivity contribution is -0.116. The van der Waals surface area contributed by atoms with Crippen molar-refractivity contribution in [2.45, 2.75) is 31.6 Å². The van der Waals surface area contributed by atoms with Gasteiger partial charge in [0, 0.05) is 36.5 Å². The lowest BCUT2D eigenvalue weighted by Crippen LogP contribution is -2.30. The molecule has 2 unspecified atom stereocenters. The molecule has 0 fully saturated rings. The topological polar surface area (TPSA) is 85.4 Å². The first kappa shape index (κ1) is 23.2. The van der Waals surface area contributed by atoms with Crippen LogP contribution < -0.4 is 5.32 Å². The van der Waals surface area contributed by atoms with E-state index in [-0.39, 0.29) is 23.5 Å². The van der Waals surface area contributed by atoms with E-state index in [1.54, 1.807) is 42.7 Å². The van der Waals surface area contributed by atoms with Crippen LogP contribution in [0.15, 0.2) is 79.1 Å². The van der Waals surface area contributed by atoms with Crippen LogP contribution in [0.3, 0.4) is 0 Å². The Balaban J connectivity index is 1.69. The van der Waals surface area contributed by atoms with Crippen LogP contribution in [0.5, 0.6) is 0 Å². The van der Waals surface area contributed by atoms with Crippen LogP contribution >= 0.6 is 11.8 Å². The summed E-state index contributed by atoms with van der Waals surface area (Å²) in [6.45, 7) is 3.47. The number of benzene rings is 2. The zero-order chi connectivity index (χ0) is 22.9. The number of carbonyl (C=O) groups is 3. The summed E-state index contributed by atoms with van der Waals surface area (Å²) in [5.41, 5.74) is 2.53. The summed E-state index contributed by atoms with van der Waals surface area (Å²) in [6.07, 6.45) is 3.28. The van der Waals surface area contributed by atoms with Crippen molar-refractivity contribution in [2.24, 2.45) is 0 Å². The van der Waals surface area contributed by atoms with E-state index in [2.05, 4.69) is 10.3 Å². The summed E-state index contributed by atoms with van der Waals surface area (Å²) in [4.78, 5) is 41.3. The second kappa shape index (κ2) is 11.2. The van der Waals surface area contributed by atoms with Gasteiger partial charge in [0.1, 0.15) is 6.61 Å². The standard InChI is InChI=1S/C25H24N2O4S/c1-17(20-9-4-3-5-10-20)23(32-18(2)28)24(29)27-22-12-6-11-21(14-22)25(30)31-16-19-8-7-13-26-15-19/h3-15,17,23H,16H2,1-2H3,(H,27,29). The highest BCUT2D eigenvalue weighted by molar-refractivity contribution is 8.14. The maximum Gasteiger partial charge on any atom is 0.338 e. The number of esters is 1. The third-order valence-corrected chi connectivity index (χ3v) is 6.00. The van der Waals surface area contributed by atoms with Gasteiger partial charge >= 0.3 is 5.97 Å². The molecule has 0 aliphatic rings. The molecular weight excluding hydrogens is 424 g/mol. The van der Waals surface area contributed by atoms with E-state index in [0.717, 1.165) is 22.9 Å². The summed E-state index contributed by atoms with van der Waals surface area (Å²) in [7, 11) is 0. The predicted octanol–water partition coefficient (Wildman–Crippen LogP) is 4.83. The van der Waals surface area contributed by atoms with E-state index >= 15 is 0 Å². The fraction of sp³-hybridized carbons (Fsp3) is 0.200. The smallest absolute Gasteiger partial charge is 0.338 e. The molecule has 6 nitrogen and oxygen atoms in total. The molecule has 0 radical (unpaired) electrons. The Kier molecular flexibility index (Phi) is 8.16. The molecule has 3 rings (SSSR count). The van der Waals surface area contributed by atoms with Crippen LogP contribution in [0, 0.1) is 0 Å². The molecule has 1 N–H and O–H groups in total. The molecule has 2 aromatic carbocycles. The predicted molar refractivity (Wildman–Crippen MR) is 125 cm³/mol. The first-order chi connectivity index (χ1) is 15.4. The highest BCUT2D eigenvalue weighted by Gasteiger charge is 2.28. The molecule has 0 saturated heterocycles. The van der Waals surface area contributed by atoms with Crippen molar-refractivity contribution in [3.05, 3.63) is 95.8 Å². The van der Waals surface area contributed by atoms with Gasteiger partial charge in [-0.15, -0.1) is 0 Å². The van der Waals surface area contributed by atoms with Crippen molar-refractivity contribution in [1.29, 1.82) is 0 Å². The summed E-state index contributed by atoms with van der Waals surface area (Å²) in [5.74, 6) is -0.988. The molecule has 0 bridgehead atoms. The minimum atomic E-state index is -0.615. The maximum atomic E-state index is 13.0. The van der Waals surface area contributed by atoms with Gasteiger partial charge in [0.05, 0.1) is 10.8 Å². The lowest BCUT2D eigenvalue weighted by atomic mass is 9.97. The number of rotatable bonds is 8. The number of amides is 1. The van der Waals surface area contributed by atoms with Crippen LogP contribution in [-0.4, -0.2) is 27.2 Å². The average Bonchev–Trinajstić information content (AvgIpc) is 2.81. The second-order valence-corrected chi connectivity index (χ2v) is 8.56. The van der Waals surface area contributed by atoms with Crippen molar-refractivity contribution in [3.63, 3.8) is 0 Å². The number of thioether (sulfide) groups is 1. The summed E-state index contributed by atoms with van der Waals surface area (Å²) in [6, 6.07) is 19.7. The normalized spacial score (nSPS) is 12.4. The minimum absolute atomic E-state index is 0.106. The number of hydrogen-bond donors (Lipinski definition) is 1. The number of nitrogens with zero attached hydrogens (tertiary/aromatic N) is 1. The van der Waals surface area contributed by atoms with Gasteiger partial charge in [-0.2, -0.15) is 0 Å². The Bertz CT molecular complexity index is 1070. The molecule has 7 heteroatoms. The first-order valence-electron chi connectivity index (χ1n) is 10.1. The number of anilines is 1. The zero-order valence-electron chi connectivity index (χ0n) is 17.9. The summed E-state index contributed by atoms with van der Waals surface area (Å²) >= 11 is 0.998. The number of carbonyl (C=O) groups excluding carboxylic acids is 3. The Hall–Kier alpha value is -3.45. The molecule has 1 amide bonds. The van der Waals surface area contributed by atoms with E-state index in [1.165, 1.54) is 6.92 Å². The monoisotopic (exact) mass is 448 g/mol. The van der Waals surface area contributed by atoms with Crippen molar-refractivity contribution < 1.29 is 19.1 Å². The van der Waals surface area contributed by atoms with Crippen LogP contribution in [-0.2, 0) is 20.9 Å². The summed E-state index contributed by atoms with van der Waals surface area (Å²) < 4.78 is 5.33. The lowest BCUT2D eigenvalue weighted by Gasteiger charge is -2.22. The fourth-order valence-electron chi connectivity index (χ4n) is 3.15. The number of hydrogen-bond acceptors (Lipinski definition) is 6. The third kappa shape index (κ3) is 6.52. The SMILES string of the molecule is CC(=O)SC(C(=O)Nc1cccc(C(=O)OCc2cccnc2)c1)C(C)c1ccccc1. The molecule has 0 aliphatic carbocycles. The molecule has 0 saturated carbocycles. The number of ether oxygens (including phenoxy) is 1.